The second-order valence-electron chi connectivity index (χ2n) is 8.15. The van der Waals surface area contributed by atoms with Crippen molar-refractivity contribution in [2.45, 2.75) is 13.5 Å². The molecule has 1 aliphatic rings. The third-order valence-electron chi connectivity index (χ3n) is 5.61. The standard InChI is InChI=1S/C28H19ClI2N2O2S/c1-16-9-10-20(29)14-24(16)32-28-33-27(34)25(36-28)13-17-11-22(30)26(23(31)12-17)35-15-19-7-4-6-18-5-2-3-8-21(18)19/h2-14H,15H2,1H3,(H,32,33,34)/b25-13-. The highest BCUT2D eigenvalue weighted by Crippen LogP contribution is 2.34. The maximum atomic E-state index is 12.6. The Kier molecular flexibility index (Phi) is 7.90. The molecule has 0 unspecified atom stereocenters. The Morgan fingerprint density at radius 2 is 1.78 bits per heavy atom. The molecule has 4 aromatic carbocycles. The first kappa shape index (κ1) is 25.6. The van der Waals surface area contributed by atoms with Crippen LogP contribution in [0.3, 0.4) is 0 Å². The van der Waals surface area contributed by atoms with Gasteiger partial charge in [-0.1, -0.05) is 60.1 Å². The Hall–Kier alpha value is -2.08. The molecule has 4 nitrogen and oxygen atoms in total. The lowest BCUT2D eigenvalue weighted by atomic mass is 10.1. The second-order valence-corrected chi connectivity index (χ2v) is 11.9. The Balaban J connectivity index is 1.35. The number of carbonyl (C=O) groups is 1. The van der Waals surface area contributed by atoms with Crippen molar-refractivity contribution >= 4 is 102 Å². The SMILES string of the molecule is Cc1ccc(Cl)cc1N=C1NC(=O)/C(=C/c2cc(I)c(OCc3cccc4ccccc34)c(I)c2)S1. The van der Waals surface area contributed by atoms with Gasteiger partial charge in [0.25, 0.3) is 5.91 Å². The predicted octanol–water partition coefficient (Wildman–Crippen LogP) is 8.48. The van der Waals surface area contributed by atoms with Crippen LogP contribution in [0.15, 0.2) is 82.7 Å². The summed E-state index contributed by atoms with van der Waals surface area (Å²) in [4.78, 5) is 17.8. The van der Waals surface area contributed by atoms with Gasteiger partial charge >= 0.3 is 0 Å². The number of amides is 1. The van der Waals surface area contributed by atoms with E-state index >= 15 is 0 Å². The Morgan fingerprint density at radius 3 is 2.58 bits per heavy atom. The van der Waals surface area contributed by atoms with Gasteiger partial charge in [0.2, 0.25) is 0 Å². The second kappa shape index (κ2) is 11.1. The number of aliphatic imine (C=N–C) groups is 1. The van der Waals surface area contributed by atoms with Gasteiger partial charge in [0.05, 0.1) is 17.7 Å². The molecule has 4 aromatic rings. The van der Waals surface area contributed by atoms with Crippen LogP contribution >= 0.6 is 68.5 Å². The van der Waals surface area contributed by atoms with E-state index in [1.807, 2.05) is 49.4 Å². The zero-order chi connectivity index (χ0) is 25.2. The molecule has 8 heteroatoms. The number of benzene rings is 4. The lowest BCUT2D eigenvalue weighted by Gasteiger charge is -2.13. The molecule has 0 radical (unpaired) electrons. The minimum atomic E-state index is -0.167. The molecule has 0 spiro atoms. The molecule has 1 N–H and O–H groups in total. The molecule has 1 aliphatic heterocycles. The van der Waals surface area contributed by atoms with Crippen molar-refractivity contribution in [1.82, 2.24) is 5.32 Å². The van der Waals surface area contributed by atoms with Crippen molar-refractivity contribution in [3.63, 3.8) is 0 Å². The van der Waals surface area contributed by atoms with Crippen LogP contribution in [0.4, 0.5) is 5.69 Å². The van der Waals surface area contributed by atoms with Crippen molar-refractivity contribution in [2.75, 3.05) is 0 Å². The fourth-order valence-corrected chi connectivity index (χ4v) is 6.94. The number of hydrogen-bond acceptors (Lipinski definition) is 4. The number of halogens is 3. The van der Waals surface area contributed by atoms with Crippen molar-refractivity contribution < 1.29 is 9.53 Å². The van der Waals surface area contributed by atoms with Gasteiger partial charge in [-0.15, -0.1) is 0 Å². The zero-order valence-corrected chi connectivity index (χ0v) is 24.9. The van der Waals surface area contributed by atoms with Gasteiger partial charge in [-0.2, -0.15) is 0 Å². The van der Waals surface area contributed by atoms with E-state index in [0.717, 1.165) is 35.3 Å². The van der Waals surface area contributed by atoms with Crippen LogP contribution in [0.2, 0.25) is 5.02 Å². The maximum absolute atomic E-state index is 12.6. The molecule has 1 fully saturated rings. The monoisotopic (exact) mass is 736 g/mol. The molecule has 0 aliphatic carbocycles. The molecule has 5 rings (SSSR count). The van der Waals surface area contributed by atoms with Crippen molar-refractivity contribution in [1.29, 1.82) is 0 Å². The van der Waals surface area contributed by atoms with Crippen LogP contribution in [0, 0.1) is 14.1 Å². The van der Waals surface area contributed by atoms with Gasteiger partial charge in [0, 0.05) is 5.02 Å². The summed E-state index contributed by atoms with van der Waals surface area (Å²) in [6.45, 7) is 2.44. The van der Waals surface area contributed by atoms with E-state index in [0.29, 0.717) is 21.7 Å². The number of fused-ring (bicyclic) bond motifs is 1. The maximum Gasteiger partial charge on any atom is 0.264 e. The molecular formula is C28H19ClI2N2O2S. The lowest BCUT2D eigenvalue weighted by Crippen LogP contribution is -2.19. The van der Waals surface area contributed by atoms with E-state index in [2.05, 4.69) is 85.8 Å². The fourth-order valence-electron chi connectivity index (χ4n) is 3.81. The Morgan fingerprint density at radius 1 is 1.03 bits per heavy atom. The van der Waals surface area contributed by atoms with Crippen LogP contribution in [-0.4, -0.2) is 11.1 Å². The summed E-state index contributed by atoms with van der Waals surface area (Å²) in [6.07, 6.45) is 1.88. The fraction of sp³-hybridized carbons (Fsp3) is 0.0714. The highest BCUT2D eigenvalue weighted by molar-refractivity contribution is 14.1. The zero-order valence-electron chi connectivity index (χ0n) is 19.0. The van der Waals surface area contributed by atoms with Crippen LogP contribution in [0.1, 0.15) is 16.7 Å². The third-order valence-corrected chi connectivity index (χ3v) is 8.36. The number of nitrogens with one attached hydrogen (secondary N) is 1. The number of carbonyl (C=O) groups excluding carboxylic acids is 1. The van der Waals surface area contributed by atoms with Crippen LogP contribution < -0.4 is 10.1 Å². The topological polar surface area (TPSA) is 50.7 Å². The number of nitrogens with zero attached hydrogens (tertiary/aromatic N) is 1. The van der Waals surface area contributed by atoms with Gasteiger partial charge in [0.1, 0.15) is 12.4 Å². The van der Waals surface area contributed by atoms with E-state index in [4.69, 9.17) is 16.3 Å². The molecular weight excluding hydrogens is 718 g/mol. The Bertz CT molecular complexity index is 1540. The van der Waals surface area contributed by atoms with Gasteiger partial charge in [0.15, 0.2) is 5.17 Å². The van der Waals surface area contributed by atoms with E-state index in [9.17, 15) is 4.79 Å². The Labute approximate surface area is 245 Å². The van der Waals surface area contributed by atoms with Gasteiger partial charge in [-0.3, -0.25) is 4.79 Å². The summed E-state index contributed by atoms with van der Waals surface area (Å²) >= 11 is 12.0. The van der Waals surface area contributed by atoms with E-state index in [1.165, 1.54) is 22.5 Å². The van der Waals surface area contributed by atoms with E-state index < -0.39 is 0 Å². The first-order valence-electron chi connectivity index (χ1n) is 11.0. The molecule has 1 saturated heterocycles. The summed E-state index contributed by atoms with van der Waals surface area (Å²) in [5, 5.41) is 6.39. The molecule has 36 heavy (non-hydrogen) atoms. The summed E-state index contributed by atoms with van der Waals surface area (Å²) < 4.78 is 8.23. The van der Waals surface area contributed by atoms with Gasteiger partial charge in [-0.05, 0) is 122 Å². The molecule has 0 aromatic heterocycles. The first-order chi connectivity index (χ1) is 17.4. The molecule has 0 bridgehead atoms. The van der Waals surface area contributed by atoms with Crippen molar-refractivity contribution in [3.05, 3.63) is 107 Å². The molecule has 0 saturated carbocycles. The number of hydrogen-bond donors (Lipinski definition) is 1. The average Bonchev–Trinajstić information content (AvgIpc) is 3.19. The first-order valence-corrected chi connectivity index (χ1v) is 14.4. The molecule has 1 heterocycles. The van der Waals surface area contributed by atoms with E-state index in [1.54, 1.807) is 6.07 Å². The quantitative estimate of drug-likeness (QED) is 0.165. The van der Waals surface area contributed by atoms with Crippen LogP contribution in [-0.2, 0) is 11.4 Å². The third kappa shape index (κ3) is 5.74. The largest absolute Gasteiger partial charge is 0.487 e. The van der Waals surface area contributed by atoms with Gasteiger partial charge in [-0.25, -0.2) is 4.99 Å². The average molecular weight is 737 g/mol. The number of thioether (sulfide) groups is 1. The number of aryl methyl sites for hydroxylation is 1. The van der Waals surface area contributed by atoms with E-state index in [-0.39, 0.29) is 5.91 Å². The smallest absolute Gasteiger partial charge is 0.264 e. The van der Waals surface area contributed by atoms with Gasteiger partial charge < -0.3 is 10.1 Å². The highest BCUT2D eigenvalue weighted by Gasteiger charge is 2.24. The van der Waals surface area contributed by atoms with Crippen LogP contribution in [0.5, 0.6) is 5.75 Å². The van der Waals surface area contributed by atoms with Crippen molar-refractivity contribution in [3.8, 4) is 5.75 Å². The van der Waals surface area contributed by atoms with Crippen molar-refractivity contribution in [2.24, 2.45) is 4.99 Å². The summed E-state index contributed by atoms with van der Waals surface area (Å²) in [5.41, 5.74) is 3.80. The summed E-state index contributed by atoms with van der Waals surface area (Å²) in [5.74, 6) is 0.674. The normalized spacial score (nSPS) is 15.6. The summed E-state index contributed by atoms with van der Waals surface area (Å²) in [6, 6.07) is 24.2. The number of rotatable bonds is 5. The predicted molar refractivity (Wildman–Crippen MR) is 167 cm³/mol. The number of ether oxygens (including phenoxy) is 1. The minimum Gasteiger partial charge on any atom is -0.487 e. The number of amidine groups is 1. The highest BCUT2D eigenvalue weighted by atomic mass is 127. The molecule has 180 valence electrons. The lowest BCUT2D eigenvalue weighted by molar-refractivity contribution is -0.115. The molecule has 1 amide bonds. The summed E-state index contributed by atoms with van der Waals surface area (Å²) in [7, 11) is 0. The van der Waals surface area contributed by atoms with Crippen LogP contribution in [0.25, 0.3) is 16.8 Å². The minimum absolute atomic E-state index is 0.167. The molecule has 0 atom stereocenters.